The number of esters is 1. The summed E-state index contributed by atoms with van der Waals surface area (Å²) < 4.78 is 4.99. The lowest BCUT2D eigenvalue weighted by Crippen LogP contribution is -2.30. The number of rotatable bonds is 5. The molecule has 0 spiro atoms. The number of H-pyrrole nitrogens is 1. The molecule has 4 rings (SSSR count). The van der Waals surface area contributed by atoms with Crippen molar-refractivity contribution in [3.05, 3.63) is 85.5 Å². The average molecular weight is 426 g/mol. The molecule has 0 saturated carbocycles. The second-order valence-corrected chi connectivity index (χ2v) is 8.45. The normalized spacial score (nSPS) is 15.6. The number of allylic oxidation sites excluding steroid dienone is 1. The van der Waals surface area contributed by atoms with Gasteiger partial charge in [0.1, 0.15) is 5.82 Å². The van der Waals surface area contributed by atoms with Crippen molar-refractivity contribution >= 4 is 34.9 Å². The van der Waals surface area contributed by atoms with Gasteiger partial charge in [-0.2, -0.15) is 0 Å². The molecule has 0 unspecified atom stereocenters. The highest BCUT2D eigenvalue weighted by Gasteiger charge is 2.36. The third kappa shape index (κ3) is 3.86. The Balaban J connectivity index is 1.74. The number of thioether (sulfide) groups is 1. The van der Waals surface area contributed by atoms with Crippen molar-refractivity contribution < 1.29 is 9.53 Å². The van der Waals surface area contributed by atoms with Crippen LogP contribution in [0.25, 0.3) is 0 Å². The van der Waals surface area contributed by atoms with Crippen molar-refractivity contribution in [2.45, 2.75) is 23.8 Å². The molecule has 0 saturated heterocycles. The molecule has 0 amide bonds. The molecule has 1 aliphatic rings. The number of aromatic nitrogens is 2. The molecule has 0 fully saturated rings. The monoisotopic (exact) mass is 425 g/mol. The molecule has 1 aliphatic heterocycles. The Hall–Kier alpha value is -2.84. The number of hydrogen-bond acceptors (Lipinski definition) is 7. The van der Waals surface area contributed by atoms with Gasteiger partial charge in [0.25, 0.3) is 5.56 Å². The van der Waals surface area contributed by atoms with E-state index in [4.69, 9.17) is 4.74 Å². The first-order chi connectivity index (χ1) is 14.1. The van der Waals surface area contributed by atoms with E-state index in [9.17, 15) is 9.59 Å². The van der Waals surface area contributed by atoms with Crippen molar-refractivity contribution in [1.82, 2.24) is 9.97 Å². The zero-order valence-corrected chi connectivity index (χ0v) is 17.5. The molecule has 148 valence electrons. The van der Waals surface area contributed by atoms with E-state index in [-0.39, 0.29) is 5.56 Å². The van der Waals surface area contributed by atoms with Crippen molar-refractivity contribution in [3.8, 4) is 0 Å². The summed E-state index contributed by atoms with van der Waals surface area (Å²) in [7, 11) is 1.34. The van der Waals surface area contributed by atoms with Crippen LogP contribution in [0.5, 0.6) is 0 Å². The van der Waals surface area contributed by atoms with E-state index in [0.29, 0.717) is 33.6 Å². The Bertz CT molecular complexity index is 1120. The molecule has 2 N–H and O–H groups in total. The van der Waals surface area contributed by atoms with Crippen LogP contribution in [0, 0.1) is 0 Å². The number of carbonyl (C=O) groups is 1. The summed E-state index contributed by atoms with van der Waals surface area (Å²) in [4.78, 5) is 33.9. The average Bonchev–Trinajstić information content (AvgIpc) is 3.26. The summed E-state index contributed by atoms with van der Waals surface area (Å²) in [5, 5.41) is 5.59. The van der Waals surface area contributed by atoms with Gasteiger partial charge < -0.3 is 15.0 Å². The summed E-state index contributed by atoms with van der Waals surface area (Å²) in [5.41, 5.74) is 2.39. The molecular weight excluding hydrogens is 406 g/mol. The van der Waals surface area contributed by atoms with Gasteiger partial charge in [0, 0.05) is 16.3 Å². The fourth-order valence-electron chi connectivity index (χ4n) is 3.35. The number of carbonyl (C=O) groups excluding carboxylic acids is 1. The zero-order valence-electron chi connectivity index (χ0n) is 15.9. The van der Waals surface area contributed by atoms with Gasteiger partial charge in [-0.25, -0.2) is 9.78 Å². The predicted molar refractivity (Wildman–Crippen MR) is 115 cm³/mol. The molecule has 2 aromatic heterocycles. The maximum absolute atomic E-state index is 13.0. The number of thiophene rings is 1. The van der Waals surface area contributed by atoms with E-state index >= 15 is 0 Å². The molecule has 0 bridgehead atoms. The highest BCUT2D eigenvalue weighted by Crippen LogP contribution is 2.41. The minimum atomic E-state index is -0.511. The van der Waals surface area contributed by atoms with E-state index in [2.05, 4.69) is 15.3 Å². The zero-order chi connectivity index (χ0) is 20.4. The summed E-state index contributed by atoms with van der Waals surface area (Å²) in [6.07, 6.45) is 0. The summed E-state index contributed by atoms with van der Waals surface area (Å²) in [5.74, 6) is 0.205. The number of anilines is 1. The first-order valence-corrected chi connectivity index (χ1v) is 10.9. The van der Waals surface area contributed by atoms with Crippen molar-refractivity contribution in [3.63, 3.8) is 0 Å². The number of methoxy groups -OCH3 is 1. The SMILES string of the molecule is COC(=O)C1=C(C)Nc2nc(SCc3ccccc3)[nH]c(=O)c2[C@H]1c1cccs1. The Morgan fingerprint density at radius 2 is 2.03 bits per heavy atom. The second-order valence-electron chi connectivity index (χ2n) is 6.51. The van der Waals surface area contributed by atoms with Gasteiger partial charge in [0.2, 0.25) is 0 Å². The van der Waals surface area contributed by atoms with Gasteiger partial charge in [-0.15, -0.1) is 11.3 Å². The minimum absolute atomic E-state index is 0.259. The number of nitrogens with one attached hydrogen (secondary N) is 2. The van der Waals surface area contributed by atoms with Crippen LogP contribution in [0.4, 0.5) is 5.82 Å². The first-order valence-electron chi connectivity index (χ1n) is 8.99. The van der Waals surface area contributed by atoms with Crippen LogP contribution in [0.3, 0.4) is 0 Å². The first kappa shape index (κ1) is 19.5. The van der Waals surface area contributed by atoms with Crippen molar-refractivity contribution in [2.75, 3.05) is 12.4 Å². The smallest absolute Gasteiger partial charge is 0.336 e. The Morgan fingerprint density at radius 3 is 2.72 bits per heavy atom. The van der Waals surface area contributed by atoms with Crippen LogP contribution in [-0.4, -0.2) is 23.0 Å². The molecule has 1 atom stereocenters. The number of benzene rings is 1. The second kappa shape index (κ2) is 8.26. The quantitative estimate of drug-likeness (QED) is 0.363. The van der Waals surface area contributed by atoms with Crippen molar-refractivity contribution in [1.29, 1.82) is 0 Å². The maximum Gasteiger partial charge on any atom is 0.336 e. The summed E-state index contributed by atoms with van der Waals surface area (Å²) in [6.45, 7) is 1.80. The highest BCUT2D eigenvalue weighted by atomic mass is 32.2. The lowest BCUT2D eigenvalue weighted by molar-refractivity contribution is -0.136. The van der Waals surface area contributed by atoms with E-state index < -0.39 is 11.9 Å². The number of ether oxygens (including phenoxy) is 1. The van der Waals surface area contributed by atoms with Crippen LogP contribution >= 0.6 is 23.1 Å². The van der Waals surface area contributed by atoms with Crippen LogP contribution in [0.1, 0.15) is 28.8 Å². The topological polar surface area (TPSA) is 84.1 Å². The highest BCUT2D eigenvalue weighted by molar-refractivity contribution is 7.98. The van der Waals surface area contributed by atoms with Gasteiger partial charge in [0.15, 0.2) is 5.16 Å². The van der Waals surface area contributed by atoms with E-state index in [0.717, 1.165) is 10.4 Å². The van der Waals surface area contributed by atoms with Gasteiger partial charge in [0.05, 0.1) is 24.2 Å². The predicted octanol–water partition coefficient (Wildman–Crippen LogP) is 4.13. The van der Waals surface area contributed by atoms with Crippen LogP contribution in [0.15, 0.2) is 69.1 Å². The standard InChI is InChI=1S/C21H19N3O3S2/c1-12-15(20(26)27-2)16(14-9-6-10-28-14)17-18(22-12)23-21(24-19(17)25)29-11-13-7-4-3-5-8-13/h3-10,16H,11H2,1-2H3,(H2,22,23,24,25)/t16-/m0/s1. The molecule has 29 heavy (non-hydrogen) atoms. The fraction of sp³-hybridized carbons (Fsp3) is 0.190. The van der Waals surface area contributed by atoms with Gasteiger partial charge >= 0.3 is 5.97 Å². The molecular formula is C21H19N3O3S2. The van der Waals surface area contributed by atoms with E-state index in [1.54, 1.807) is 6.92 Å². The molecule has 8 heteroatoms. The molecule has 3 heterocycles. The van der Waals surface area contributed by atoms with Gasteiger partial charge in [-0.3, -0.25) is 4.79 Å². The summed E-state index contributed by atoms with van der Waals surface area (Å²) >= 11 is 2.95. The van der Waals surface area contributed by atoms with Crippen LogP contribution < -0.4 is 10.9 Å². The molecule has 1 aromatic carbocycles. The molecule has 0 aliphatic carbocycles. The van der Waals surface area contributed by atoms with Crippen LogP contribution in [-0.2, 0) is 15.3 Å². The minimum Gasteiger partial charge on any atom is -0.466 e. The lowest BCUT2D eigenvalue weighted by atomic mass is 9.86. The van der Waals surface area contributed by atoms with E-state index in [1.807, 2.05) is 47.8 Å². The molecule has 0 radical (unpaired) electrons. The number of hydrogen-bond donors (Lipinski definition) is 2. The number of nitrogens with zero attached hydrogens (tertiary/aromatic N) is 1. The van der Waals surface area contributed by atoms with Gasteiger partial charge in [-0.1, -0.05) is 48.2 Å². The summed E-state index contributed by atoms with van der Waals surface area (Å²) in [6, 6.07) is 13.8. The third-order valence-electron chi connectivity index (χ3n) is 4.67. The number of aromatic amines is 1. The fourth-order valence-corrected chi connectivity index (χ4v) is 5.01. The van der Waals surface area contributed by atoms with Crippen molar-refractivity contribution in [2.24, 2.45) is 0 Å². The Morgan fingerprint density at radius 1 is 1.24 bits per heavy atom. The lowest BCUT2D eigenvalue weighted by Gasteiger charge is -2.27. The maximum atomic E-state index is 13.0. The largest absolute Gasteiger partial charge is 0.466 e. The number of fused-ring (bicyclic) bond motifs is 1. The van der Waals surface area contributed by atoms with E-state index in [1.165, 1.54) is 30.2 Å². The Kier molecular flexibility index (Phi) is 5.55. The van der Waals surface area contributed by atoms with Crippen LogP contribution in [0.2, 0.25) is 0 Å². The Labute approximate surface area is 176 Å². The molecule has 3 aromatic rings. The van der Waals surface area contributed by atoms with Gasteiger partial charge in [-0.05, 0) is 23.9 Å². The third-order valence-corrected chi connectivity index (χ3v) is 6.55. The molecule has 6 nitrogen and oxygen atoms in total.